The second-order valence-corrected chi connectivity index (χ2v) is 10.6. The van der Waals surface area contributed by atoms with E-state index in [2.05, 4.69) is 5.32 Å². The molecular weight excluding hydrogens is 523 g/mol. The van der Waals surface area contributed by atoms with Gasteiger partial charge in [-0.15, -0.1) is 12.4 Å². The molecule has 2 unspecified atom stereocenters. The lowest BCUT2D eigenvalue weighted by molar-refractivity contribution is -0.132. The van der Waals surface area contributed by atoms with E-state index in [9.17, 15) is 18.9 Å². The van der Waals surface area contributed by atoms with Crippen molar-refractivity contribution in [3.05, 3.63) is 59.7 Å². The molecule has 2 fully saturated rings. The zero-order valence-corrected chi connectivity index (χ0v) is 22.3. The lowest BCUT2D eigenvalue weighted by Crippen LogP contribution is -2.46. The van der Waals surface area contributed by atoms with E-state index in [1.165, 1.54) is 62.8 Å². The molecule has 2 heterocycles. The van der Waals surface area contributed by atoms with Crippen molar-refractivity contribution in [1.82, 2.24) is 10.2 Å². The Balaban J connectivity index is 0.00000380. The molecule has 0 saturated carbocycles. The predicted octanol–water partition coefficient (Wildman–Crippen LogP) is 4.03. The summed E-state index contributed by atoms with van der Waals surface area (Å²) >= 11 is 0. The maximum absolute atomic E-state index is 14.4. The minimum Gasteiger partial charge on any atom is -0.465 e. The average molecular weight is 553 g/mol. The molecule has 0 spiro atoms. The Hall–Kier alpha value is -3.07. The van der Waals surface area contributed by atoms with Crippen molar-refractivity contribution in [1.29, 1.82) is 0 Å². The van der Waals surface area contributed by atoms with Gasteiger partial charge in [0.05, 0.1) is 31.4 Å². The van der Waals surface area contributed by atoms with Crippen LogP contribution in [-0.4, -0.2) is 61.9 Å². The number of nitrogens with one attached hydrogen (secondary N) is 1. The summed E-state index contributed by atoms with van der Waals surface area (Å²) in [6.45, 7) is 1.21. The van der Waals surface area contributed by atoms with Crippen LogP contribution < -0.4 is 14.4 Å². The number of nitrogens with zero attached hydrogens (tertiary/aromatic N) is 1. The topological polar surface area (TPSA) is 120 Å². The molecule has 2 aromatic carbocycles. The van der Waals surface area contributed by atoms with Gasteiger partial charge < -0.3 is 28.7 Å². The van der Waals surface area contributed by atoms with Crippen molar-refractivity contribution in [3.8, 4) is 11.5 Å². The van der Waals surface area contributed by atoms with E-state index in [1.54, 1.807) is 4.90 Å². The Morgan fingerprint density at radius 2 is 1.35 bits per heavy atom. The highest BCUT2D eigenvalue weighted by atomic mass is 35.5. The highest BCUT2D eigenvalue weighted by Crippen LogP contribution is 2.57. The first-order chi connectivity index (χ1) is 17.3. The lowest BCUT2D eigenvalue weighted by atomic mass is 10.2. The van der Waals surface area contributed by atoms with Crippen LogP contribution in [0.1, 0.15) is 46.4 Å². The Labute approximate surface area is 221 Å². The largest absolute Gasteiger partial charge is 0.465 e. The standard InChI is InChI=1S/C25H29N2O8P.ClH/c1-32-24(29)17-7-11-19(12-8-17)34-36(31,35-20-13-9-18(10-14-20)25(30)33-2)22-6-4-16-27(22)23(28)21-5-3-15-26-21;/h7-14,21-22,26H,3-6,15-16H2,1-2H3;1H. The van der Waals surface area contributed by atoms with Gasteiger partial charge in [0.1, 0.15) is 11.5 Å². The number of rotatable bonds is 8. The number of hydrogen-bond acceptors (Lipinski definition) is 9. The van der Waals surface area contributed by atoms with E-state index in [0.29, 0.717) is 30.5 Å². The number of likely N-dealkylation sites (tertiary alicyclic amines) is 1. The summed E-state index contributed by atoms with van der Waals surface area (Å²) < 4.78 is 35.8. The normalized spacial score (nSPS) is 19.0. The van der Waals surface area contributed by atoms with Gasteiger partial charge in [-0.3, -0.25) is 4.79 Å². The van der Waals surface area contributed by atoms with Crippen molar-refractivity contribution in [3.63, 3.8) is 0 Å². The molecule has 2 aromatic rings. The first-order valence-electron chi connectivity index (χ1n) is 11.7. The smallest absolute Gasteiger partial charge is 0.453 e. The number of hydrogen-bond donors (Lipinski definition) is 1. The van der Waals surface area contributed by atoms with Crippen LogP contribution in [0, 0.1) is 0 Å². The fourth-order valence-corrected chi connectivity index (χ4v) is 6.59. The number of carbonyl (C=O) groups is 3. The van der Waals surface area contributed by atoms with Gasteiger partial charge in [-0.25, -0.2) is 14.2 Å². The summed E-state index contributed by atoms with van der Waals surface area (Å²) in [5, 5.41) is 3.20. The highest BCUT2D eigenvalue weighted by molar-refractivity contribution is 7.55. The molecule has 2 aliphatic rings. The minimum atomic E-state index is -4.01. The van der Waals surface area contributed by atoms with E-state index in [1.807, 2.05) is 0 Å². The highest BCUT2D eigenvalue weighted by Gasteiger charge is 2.49. The van der Waals surface area contributed by atoms with E-state index in [0.717, 1.165) is 19.4 Å². The molecule has 2 aliphatic heterocycles. The van der Waals surface area contributed by atoms with Crippen molar-refractivity contribution in [2.45, 2.75) is 37.5 Å². The predicted molar refractivity (Wildman–Crippen MR) is 137 cm³/mol. The molecule has 37 heavy (non-hydrogen) atoms. The molecule has 200 valence electrons. The molecule has 0 aliphatic carbocycles. The molecule has 1 amide bonds. The summed E-state index contributed by atoms with van der Waals surface area (Å²) in [5.41, 5.74) is 0.618. The monoisotopic (exact) mass is 552 g/mol. The Kier molecular flexibility index (Phi) is 9.59. The quantitative estimate of drug-likeness (QED) is 0.382. The number of halogens is 1. The molecule has 0 aromatic heterocycles. The van der Waals surface area contributed by atoms with Gasteiger partial charge in [-0.2, -0.15) is 0 Å². The van der Waals surface area contributed by atoms with Crippen LogP contribution in [0.5, 0.6) is 11.5 Å². The van der Waals surface area contributed by atoms with E-state index in [-0.39, 0.29) is 35.9 Å². The van der Waals surface area contributed by atoms with Crippen LogP contribution in [0.2, 0.25) is 0 Å². The first kappa shape index (κ1) is 28.5. The summed E-state index contributed by atoms with van der Waals surface area (Å²) in [4.78, 5) is 38.4. The van der Waals surface area contributed by atoms with Crippen LogP contribution in [0.25, 0.3) is 0 Å². The number of benzene rings is 2. The zero-order chi connectivity index (χ0) is 25.7. The number of esters is 2. The van der Waals surface area contributed by atoms with Crippen molar-refractivity contribution < 1.29 is 37.5 Å². The van der Waals surface area contributed by atoms with Crippen molar-refractivity contribution >= 4 is 37.8 Å². The molecule has 2 saturated heterocycles. The van der Waals surface area contributed by atoms with Gasteiger partial charge in [0.2, 0.25) is 5.91 Å². The third-order valence-corrected chi connectivity index (χ3v) is 8.44. The summed E-state index contributed by atoms with van der Waals surface area (Å²) in [6.07, 6.45) is 2.72. The maximum atomic E-state index is 14.4. The second kappa shape index (κ2) is 12.4. The van der Waals surface area contributed by atoms with Crippen LogP contribution in [0.3, 0.4) is 0 Å². The molecule has 0 radical (unpaired) electrons. The Morgan fingerprint density at radius 3 is 1.78 bits per heavy atom. The Bertz CT molecular complexity index is 1090. The van der Waals surface area contributed by atoms with E-state index >= 15 is 0 Å². The van der Waals surface area contributed by atoms with Crippen molar-refractivity contribution in [2.75, 3.05) is 27.3 Å². The van der Waals surface area contributed by atoms with Gasteiger partial charge >= 0.3 is 19.5 Å². The van der Waals surface area contributed by atoms with Gasteiger partial charge in [0.25, 0.3) is 0 Å². The molecule has 4 rings (SSSR count). The molecule has 10 nitrogen and oxygen atoms in total. The molecule has 1 N–H and O–H groups in total. The summed E-state index contributed by atoms with van der Waals surface area (Å²) in [5.74, 6) is -1.50. The van der Waals surface area contributed by atoms with Crippen LogP contribution >= 0.6 is 20.0 Å². The number of ether oxygens (including phenoxy) is 2. The molecule has 0 bridgehead atoms. The van der Waals surface area contributed by atoms with Gasteiger partial charge in [-0.05, 0) is 80.8 Å². The zero-order valence-electron chi connectivity index (χ0n) is 20.6. The van der Waals surface area contributed by atoms with Gasteiger partial charge in [0, 0.05) is 6.54 Å². The van der Waals surface area contributed by atoms with Gasteiger partial charge in [-0.1, -0.05) is 0 Å². The Morgan fingerprint density at radius 1 is 0.838 bits per heavy atom. The number of carbonyl (C=O) groups excluding carboxylic acids is 3. The molecular formula is C25H30ClN2O8P. The average Bonchev–Trinajstić information content (AvgIpc) is 3.61. The molecule has 12 heteroatoms. The van der Waals surface area contributed by atoms with Gasteiger partial charge in [0.15, 0.2) is 5.78 Å². The third kappa shape index (κ3) is 6.44. The third-order valence-electron chi connectivity index (χ3n) is 6.24. The van der Waals surface area contributed by atoms with Crippen LogP contribution in [-0.2, 0) is 18.8 Å². The first-order valence-corrected chi connectivity index (χ1v) is 13.4. The van der Waals surface area contributed by atoms with Crippen LogP contribution in [0.15, 0.2) is 48.5 Å². The maximum Gasteiger partial charge on any atom is 0.453 e. The minimum absolute atomic E-state index is 0. The second-order valence-electron chi connectivity index (χ2n) is 8.56. The summed E-state index contributed by atoms with van der Waals surface area (Å²) in [6, 6.07) is 11.7. The lowest BCUT2D eigenvalue weighted by Gasteiger charge is -2.32. The number of amides is 1. The van der Waals surface area contributed by atoms with E-state index < -0.39 is 25.3 Å². The van der Waals surface area contributed by atoms with Crippen molar-refractivity contribution in [2.24, 2.45) is 0 Å². The number of methoxy groups -OCH3 is 2. The van der Waals surface area contributed by atoms with Crippen LogP contribution in [0.4, 0.5) is 0 Å². The SMILES string of the molecule is COC(=O)c1ccc(OP(=O)(Oc2ccc(C(=O)OC)cc2)C2CCCN2C(=O)C2CCCN2)cc1.Cl. The summed E-state index contributed by atoms with van der Waals surface area (Å²) in [7, 11) is -1.44. The van der Waals surface area contributed by atoms with E-state index in [4.69, 9.17) is 18.5 Å². The molecule has 2 atom stereocenters. The fourth-order valence-electron chi connectivity index (χ4n) is 4.40. The fraction of sp³-hybridized carbons (Fsp3) is 0.400.